The molecule has 0 fully saturated rings. The number of hydrogen-bond acceptors (Lipinski definition) is 1. The van der Waals surface area contributed by atoms with Gasteiger partial charge in [0.2, 0.25) is 0 Å². The first-order valence-corrected chi connectivity index (χ1v) is 5.43. The lowest BCUT2D eigenvalue weighted by molar-refractivity contribution is -0.137. The van der Waals surface area contributed by atoms with Crippen molar-refractivity contribution in [2.75, 3.05) is 11.9 Å². The fourth-order valence-electron chi connectivity index (χ4n) is 1.23. The zero-order valence-electron chi connectivity index (χ0n) is 8.87. The van der Waals surface area contributed by atoms with Crippen LogP contribution in [0.3, 0.4) is 0 Å². The van der Waals surface area contributed by atoms with Crippen molar-refractivity contribution in [2.45, 2.75) is 25.9 Å². The van der Waals surface area contributed by atoms with E-state index in [1.54, 1.807) is 0 Å². The third-order valence-corrected chi connectivity index (χ3v) is 2.45. The van der Waals surface area contributed by atoms with Gasteiger partial charge in [-0.25, -0.2) is 0 Å². The van der Waals surface area contributed by atoms with Crippen molar-refractivity contribution >= 4 is 17.3 Å². The van der Waals surface area contributed by atoms with Gasteiger partial charge in [0.1, 0.15) is 0 Å². The van der Waals surface area contributed by atoms with E-state index in [-0.39, 0.29) is 5.02 Å². The Kier molecular flexibility index (Phi) is 4.47. The van der Waals surface area contributed by atoms with Crippen LogP contribution in [0.5, 0.6) is 0 Å². The molecule has 5 heteroatoms. The van der Waals surface area contributed by atoms with E-state index in [1.807, 2.05) is 6.92 Å². The lowest BCUT2D eigenvalue weighted by Gasteiger charge is -2.11. The van der Waals surface area contributed by atoms with Gasteiger partial charge in [0, 0.05) is 6.54 Å². The van der Waals surface area contributed by atoms with E-state index < -0.39 is 11.7 Å². The van der Waals surface area contributed by atoms with Crippen LogP contribution in [0.25, 0.3) is 0 Å². The number of rotatable bonds is 4. The van der Waals surface area contributed by atoms with E-state index in [2.05, 4.69) is 5.32 Å². The smallest absolute Gasteiger partial charge is 0.384 e. The summed E-state index contributed by atoms with van der Waals surface area (Å²) in [6, 6.07) is 3.33. The second kappa shape index (κ2) is 5.43. The molecule has 16 heavy (non-hydrogen) atoms. The maximum absolute atomic E-state index is 12.3. The fourth-order valence-corrected chi connectivity index (χ4v) is 1.48. The average Bonchev–Trinajstić information content (AvgIpc) is 2.19. The molecule has 0 saturated carbocycles. The van der Waals surface area contributed by atoms with Gasteiger partial charge >= 0.3 is 6.18 Å². The molecule has 0 aliphatic carbocycles. The van der Waals surface area contributed by atoms with Crippen LogP contribution in [-0.2, 0) is 6.18 Å². The standard InChI is InChI=1S/C11H13ClF3N/c1-2-3-6-16-10-5-4-8(7-9(10)12)11(13,14)15/h4-5,7,16H,2-3,6H2,1H3. The van der Waals surface area contributed by atoms with Crippen LogP contribution >= 0.6 is 11.6 Å². The molecule has 0 aromatic heterocycles. The van der Waals surface area contributed by atoms with Gasteiger partial charge in [-0.2, -0.15) is 13.2 Å². The maximum Gasteiger partial charge on any atom is 0.416 e. The Morgan fingerprint density at radius 3 is 2.50 bits per heavy atom. The van der Waals surface area contributed by atoms with Gasteiger partial charge in [-0.3, -0.25) is 0 Å². The predicted molar refractivity (Wildman–Crippen MR) is 59.9 cm³/mol. The first-order valence-electron chi connectivity index (χ1n) is 5.05. The van der Waals surface area contributed by atoms with E-state index in [1.165, 1.54) is 6.07 Å². The normalized spacial score (nSPS) is 11.6. The van der Waals surface area contributed by atoms with E-state index in [9.17, 15) is 13.2 Å². The van der Waals surface area contributed by atoms with E-state index in [0.29, 0.717) is 12.2 Å². The predicted octanol–water partition coefficient (Wildman–Crippen LogP) is 4.57. The molecule has 90 valence electrons. The van der Waals surface area contributed by atoms with Crippen molar-refractivity contribution in [3.63, 3.8) is 0 Å². The van der Waals surface area contributed by atoms with Crippen LogP contribution in [-0.4, -0.2) is 6.54 Å². The van der Waals surface area contributed by atoms with Gasteiger partial charge in [-0.1, -0.05) is 24.9 Å². The van der Waals surface area contributed by atoms with Crippen molar-refractivity contribution in [1.82, 2.24) is 0 Å². The van der Waals surface area contributed by atoms with Crippen LogP contribution in [0.2, 0.25) is 5.02 Å². The summed E-state index contributed by atoms with van der Waals surface area (Å²) in [6.07, 6.45) is -2.37. The van der Waals surface area contributed by atoms with Crippen LogP contribution in [0.15, 0.2) is 18.2 Å². The minimum Gasteiger partial charge on any atom is -0.384 e. The molecule has 1 aromatic carbocycles. The first-order chi connectivity index (χ1) is 7.45. The Hall–Kier alpha value is -0.900. The SMILES string of the molecule is CCCCNc1ccc(C(F)(F)F)cc1Cl. The zero-order chi connectivity index (χ0) is 12.2. The first kappa shape index (κ1) is 13.2. The molecule has 0 aliphatic heterocycles. The van der Waals surface area contributed by atoms with Crippen molar-refractivity contribution in [3.05, 3.63) is 28.8 Å². The Balaban J connectivity index is 2.76. The quantitative estimate of drug-likeness (QED) is 0.773. The summed E-state index contributed by atoms with van der Waals surface area (Å²) in [5, 5.41) is 3.10. The molecule has 1 nitrogen and oxygen atoms in total. The van der Waals surface area contributed by atoms with Crippen LogP contribution in [0, 0.1) is 0 Å². The summed E-state index contributed by atoms with van der Waals surface area (Å²) in [7, 11) is 0. The average molecular weight is 252 g/mol. The van der Waals surface area contributed by atoms with Crippen LogP contribution < -0.4 is 5.32 Å². The Morgan fingerprint density at radius 2 is 2.00 bits per heavy atom. The molecule has 0 radical (unpaired) electrons. The van der Waals surface area contributed by atoms with Crippen LogP contribution in [0.4, 0.5) is 18.9 Å². The molecular formula is C11H13ClF3N. The lowest BCUT2D eigenvalue weighted by Crippen LogP contribution is -2.06. The number of anilines is 1. The van der Waals surface area contributed by atoms with E-state index >= 15 is 0 Å². The summed E-state index contributed by atoms with van der Waals surface area (Å²) >= 11 is 5.75. The van der Waals surface area contributed by atoms with Gasteiger partial charge in [-0.05, 0) is 24.6 Å². The topological polar surface area (TPSA) is 12.0 Å². The second-order valence-electron chi connectivity index (χ2n) is 3.47. The molecule has 0 amide bonds. The molecule has 0 saturated heterocycles. The minimum atomic E-state index is -4.34. The minimum absolute atomic E-state index is 0.103. The molecule has 1 rings (SSSR count). The molecule has 0 unspecified atom stereocenters. The molecule has 0 aliphatic rings. The molecule has 0 spiro atoms. The van der Waals surface area contributed by atoms with Crippen molar-refractivity contribution in [1.29, 1.82) is 0 Å². The van der Waals surface area contributed by atoms with E-state index in [0.717, 1.165) is 25.0 Å². The molecule has 0 bridgehead atoms. The lowest BCUT2D eigenvalue weighted by atomic mass is 10.2. The molecule has 1 aromatic rings. The molecule has 1 N–H and O–H groups in total. The highest BCUT2D eigenvalue weighted by atomic mass is 35.5. The van der Waals surface area contributed by atoms with Crippen molar-refractivity contribution in [3.8, 4) is 0 Å². The zero-order valence-corrected chi connectivity index (χ0v) is 9.62. The monoisotopic (exact) mass is 251 g/mol. The molecule has 0 heterocycles. The summed E-state index contributed by atoms with van der Waals surface area (Å²) in [6.45, 7) is 2.75. The number of nitrogens with one attached hydrogen (secondary N) is 1. The summed E-state index contributed by atoms with van der Waals surface area (Å²) in [5.74, 6) is 0. The van der Waals surface area contributed by atoms with Gasteiger partial charge in [0.25, 0.3) is 0 Å². The third-order valence-electron chi connectivity index (χ3n) is 2.14. The molecular weight excluding hydrogens is 239 g/mol. The van der Waals surface area contributed by atoms with Gasteiger partial charge < -0.3 is 5.32 Å². The van der Waals surface area contributed by atoms with Gasteiger partial charge in [0.15, 0.2) is 0 Å². The fraction of sp³-hybridized carbons (Fsp3) is 0.455. The Bertz CT molecular complexity index is 350. The number of unbranched alkanes of at least 4 members (excludes halogenated alkanes) is 1. The second-order valence-corrected chi connectivity index (χ2v) is 3.88. The highest BCUT2D eigenvalue weighted by molar-refractivity contribution is 6.33. The number of alkyl halides is 3. The Morgan fingerprint density at radius 1 is 1.31 bits per heavy atom. The summed E-state index contributed by atoms with van der Waals surface area (Å²) < 4.78 is 37.0. The summed E-state index contributed by atoms with van der Waals surface area (Å²) in [4.78, 5) is 0. The summed E-state index contributed by atoms with van der Waals surface area (Å²) in [5.41, 5.74) is -0.179. The van der Waals surface area contributed by atoms with Crippen molar-refractivity contribution < 1.29 is 13.2 Å². The highest BCUT2D eigenvalue weighted by Crippen LogP contribution is 2.33. The number of halogens is 4. The molecule has 0 atom stereocenters. The highest BCUT2D eigenvalue weighted by Gasteiger charge is 2.30. The largest absolute Gasteiger partial charge is 0.416 e. The Labute approximate surface area is 97.6 Å². The number of benzene rings is 1. The van der Waals surface area contributed by atoms with Gasteiger partial charge in [-0.15, -0.1) is 0 Å². The number of hydrogen-bond donors (Lipinski definition) is 1. The van der Waals surface area contributed by atoms with Crippen LogP contribution in [0.1, 0.15) is 25.3 Å². The maximum atomic E-state index is 12.3. The third kappa shape index (κ3) is 3.59. The van der Waals surface area contributed by atoms with E-state index in [4.69, 9.17) is 11.6 Å². The van der Waals surface area contributed by atoms with Crippen molar-refractivity contribution in [2.24, 2.45) is 0 Å². The van der Waals surface area contributed by atoms with Gasteiger partial charge in [0.05, 0.1) is 16.3 Å².